The average molecular weight is 326 g/mol. The highest BCUT2D eigenvalue weighted by Gasteiger charge is 3.08. The van der Waals surface area contributed by atoms with Crippen LogP contribution < -0.4 is 5.32 Å². The number of alkyl carbamates (subject to hydrolysis) is 1. The van der Waals surface area contributed by atoms with E-state index in [1.54, 1.807) is 0 Å². The molecule has 0 atom stereocenters. The van der Waals surface area contributed by atoms with Crippen LogP contribution in [-0.4, -0.2) is 23.6 Å². The van der Waals surface area contributed by atoms with Crippen molar-refractivity contribution in [2.45, 2.75) is 26.4 Å². The lowest BCUT2D eigenvalue weighted by Gasteiger charge is -3.12. The molecule has 0 aromatic carbocycles. The number of alkyl halides is 1. The van der Waals surface area contributed by atoms with Gasteiger partial charge in [-0.15, -0.1) is 0 Å². The van der Waals surface area contributed by atoms with E-state index in [4.69, 9.17) is 4.74 Å². The van der Waals surface area contributed by atoms with Crippen LogP contribution in [0.4, 0.5) is 4.79 Å². The number of amides is 1. The fraction of sp³-hybridized carbons (Fsp3) is 0.933. The molecule has 19 heavy (non-hydrogen) atoms. The molecule has 0 bridgehead atoms. The van der Waals surface area contributed by atoms with Crippen molar-refractivity contribution in [2.75, 3.05) is 11.9 Å². The number of ether oxygens (including phenoxy) is 1. The third-order valence-electron chi connectivity index (χ3n) is 7.21. The number of hydrogen-bond donors (Lipinski definition) is 1. The molecule has 6 aliphatic rings. The molecule has 0 saturated heterocycles. The van der Waals surface area contributed by atoms with Gasteiger partial charge in [0, 0.05) is 11.9 Å². The molecule has 6 rings (SSSR count). The van der Waals surface area contributed by atoms with Gasteiger partial charge in [0.15, 0.2) is 0 Å². The van der Waals surface area contributed by atoms with Crippen LogP contribution in [0.2, 0.25) is 0 Å². The van der Waals surface area contributed by atoms with Gasteiger partial charge in [-0.3, -0.25) is 0 Å². The zero-order chi connectivity index (χ0) is 13.4. The Morgan fingerprint density at radius 1 is 1.11 bits per heavy atom. The van der Waals surface area contributed by atoms with E-state index < -0.39 is 5.60 Å². The van der Waals surface area contributed by atoms with Crippen LogP contribution in [0, 0.1) is 46.3 Å². The molecule has 0 unspecified atom stereocenters. The maximum atomic E-state index is 11.8. The predicted octanol–water partition coefficient (Wildman–Crippen LogP) is 2.64. The molecule has 6 saturated carbocycles. The smallest absolute Gasteiger partial charge is 0.407 e. The van der Waals surface area contributed by atoms with Crippen LogP contribution in [0.3, 0.4) is 0 Å². The summed E-state index contributed by atoms with van der Waals surface area (Å²) in [4.78, 5) is 11.8. The standard InChI is InChI=1S/C15H20BrNO2/c1-13(2,3)19-12(18)17-5-15-9-6-10(15)8-11(15)7(9)14(6,8)4-16/h6-11H,4-5H2,1-3H3,(H,17,18). The van der Waals surface area contributed by atoms with E-state index >= 15 is 0 Å². The summed E-state index contributed by atoms with van der Waals surface area (Å²) in [6.45, 7) is 6.60. The summed E-state index contributed by atoms with van der Waals surface area (Å²) >= 11 is 3.73. The second kappa shape index (κ2) is 2.72. The maximum Gasteiger partial charge on any atom is 0.407 e. The molecule has 104 valence electrons. The predicted molar refractivity (Wildman–Crippen MR) is 73.8 cm³/mol. The van der Waals surface area contributed by atoms with Crippen LogP contribution in [0.5, 0.6) is 0 Å². The Morgan fingerprint density at radius 2 is 1.58 bits per heavy atom. The number of carbonyl (C=O) groups is 1. The first-order chi connectivity index (χ1) is 8.89. The normalized spacial score (nSPS) is 60.6. The Kier molecular flexibility index (Phi) is 1.64. The fourth-order valence-corrected chi connectivity index (χ4v) is 8.26. The Bertz CT molecular complexity index is 455. The minimum atomic E-state index is -0.393. The SMILES string of the molecule is CC(C)(C)OC(=O)NCC12C3C4C1C1C2C3C41CBr. The van der Waals surface area contributed by atoms with Crippen LogP contribution in [0.25, 0.3) is 0 Å². The molecule has 0 heterocycles. The van der Waals surface area contributed by atoms with E-state index in [1.807, 2.05) is 20.8 Å². The Hall–Kier alpha value is -0.250. The van der Waals surface area contributed by atoms with Gasteiger partial charge in [0.1, 0.15) is 5.60 Å². The minimum Gasteiger partial charge on any atom is -0.444 e. The summed E-state index contributed by atoms with van der Waals surface area (Å²) in [7, 11) is 0. The van der Waals surface area contributed by atoms with E-state index in [0.29, 0.717) is 5.41 Å². The van der Waals surface area contributed by atoms with E-state index in [0.717, 1.165) is 47.5 Å². The summed E-state index contributed by atoms with van der Waals surface area (Å²) in [6.07, 6.45) is -0.239. The zero-order valence-electron chi connectivity index (χ0n) is 11.6. The largest absolute Gasteiger partial charge is 0.444 e. The first-order valence-electron chi connectivity index (χ1n) is 7.42. The maximum absolute atomic E-state index is 11.8. The van der Waals surface area contributed by atoms with E-state index in [9.17, 15) is 4.79 Å². The fourth-order valence-electron chi connectivity index (χ4n) is 7.13. The molecule has 6 fully saturated rings. The molecule has 0 spiro atoms. The summed E-state index contributed by atoms with van der Waals surface area (Å²) < 4.78 is 5.34. The lowest BCUT2D eigenvalue weighted by Crippen LogP contribution is -3.11. The number of rotatable bonds is 3. The van der Waals surface area contributed by atoms with Gasteiger partial charge in [-0.25, -0.2) is 4.79 Å². The van der Waals surface area contributed by atoms with Crippen molar-refractivity contribution in [2.24, 2.45) is 46.3 Å². The second-order valence-corrected chi connectivity index (χ2v) is 8.93. The average Bonchev–Trinajstić information content (AvgIpc) is 2.34. The summed E-state index contributed by atoms with van der Waals surface area (Å²) in [5.74, 6) is 5.85. The highest BCUT2D eigenvalue weighted by molar-refractivity contribution is 9.09. The molecule has 6 aliphatic carbocycles. The van der Waals surface area contributed by atoms with Gasteiger partial charge in [0.2, 0.25) is 0 Å². The molecule has 0 aromatic rings. The van der Waals surface area contributed by atoms with E-state index in [-0.39, 0.29) is 6.09 Å². The van der Waals surface area contributed by atoms with Crippen molar-refractivity contribution in [3.8, 4) is 0 Å². The van der Waals surface area contributed by atoms with E-state index in [2.05, 4.69) is 21.2 Å². The highest BCUT2D eigenvalue weighted by atomic mass is 79.9. The molecule has 1 N–H and O–H groups in total. The molecule has 0 aromatic heterocycles. The van der Waals surface area contributed by atoms with Gasteiger partial charge >= 0.3 is 6.09 Å². The third-order valence-corrected chi connectivity index (χ3v) is 8.19. The Balaban J connectivity index is 1.23. The quantitative estimate of drug-likeness (QED) is 0.810. The topological polar surface area (TPSA) is 38.3 Å². The van der Waals surface area contributed by atoms with Gasteiger partial charge in [0.25, 0.3) is 0 Å². The number of halogens is 1. The summed E-state index contributed by atoms with van der Waals surface area (Å²) in [6, 6.07) is 0. The monoisotopic (exact) mass is 325 g/mol. The van der Waals surface area contributed by atoms with Gasteiger partial charge in [-0.2, -0.15) is 0 Å². The molecular weight excluding hydrogens is 306 g/mol. The zero-order valence-corrected chi connectivity index (χ0v) is 13.2. The molecule has 3 nitrogen and oxygen atoms in total. The van der Waals surface area contributed by atoms with Crippen molar-refractivity contribution in [3.05, 3.63) is 0 Å². The van der Waals surface area contributed by atoms with Gasteiger partial charge in [0.05, 0.1) is 0 Å². The van der Waals surface area contributed by atoms with E-state index in [1.165, 1.54) is 5.33 Å². The van der Waals surface area contributed by atoms with Gasteiger partial charge in [-0.1, -0.05) is 15.9 Å². The van der Waals surface area contributed by atoms with Crippen molar-refractivity contribution < 1.29 is 9.53 Å². The second-order valence-electron chi connectivity index (χ2n) is 8.37. The minimum absolute atomic E-state index is 0.239. The van der Waals surface area contributed by atoms with Crippen molar-refractivity contribution in [1.29, 1.82) is 0 Å². The molecule has 1 amide bonds. The molecular formula is C15H20BrNO2. The lowest BCUT2D eigenvalue weighted by molar-refractivity contribution is -0.649. The summed E-state index contributed by atoms with van der Waals surface area (Å²) in [5.41, 5.74) is 0.852. The van der Waals surface area contributed by atoms with Crippen LogP contribution >= 0.6 is 15.9 Å². The lowest BCUT2D eigenvalue weighted by atomic mass is 8.92. The van der Waals surface area contributed by atoms with Crippen molar-refractivity contribution in [1.82, 2.24) is 5.32 Å². The highest BCUT2D eigenvalue weighted by Crippen LogP contribution is 3.10. The number of carbonyl (C=O) groups excluding carboxylic acids is 1. The first-order valence-corrected chi connectivity index (χ1v) is 8.54. The van der Waals surface area contributed by atoms with Gasteiger partial charge < -0.3 is 10.1 Å². The van der Waals surface area contributed by atoms with Crippen molar-refractivity contribution in [3.63, 3.8) is 0 Å². The molecule has 4 heteroatoms. The number of nitrogens with one attached hydrogen (secondary N) is 1. The first kappa shape index (κ1) is 11.4. The van der Waals surface area contributed by atoms with Crippen molar-refractivity contribution >= 4 is 22.0 Å². The van der Waals surface area contributed by atoms with Crippen LogP contribution in [-0.2, 0) is 4.74 Å². The molecule has 0 aliphatic heterocycles. The third kappa shape index (κ3) is 0.810. The molecule has 0 radical (unpaired) electrons. The van der Waals surface area contributed by atoms with Gasteiger partial charge in [-0.05, 0) is 67.1 Å². The Labute approximate surface area is 122 Å². The van der Waals surface area contributed by atoms with Crippen LogP contribution in [0.15, 0.2) is 0 Å². The Morgan fingerprint density at radius 3 is 2.00 bits per heavy atom. The van der Waals surface area contributed by atoms with Crippen LogP contribution in [0.1, 0.15) is 20.8 Å². The summed E-state index contributed by atoms with van der Waals surface area (Å²) in [5, 5.41) is 4.26. The number of hydrogen-bond acceptors (Lipinski definition) is 2.